The third-order valence-corrected chi connectivity index (χ3v) is 3.59. The predicted molar refractivity (Wildman–Crippen MR) is 86.7 cm³/mol. The monoisotopic (exact) mass is 333 g/mol. The molecule has 0 saturated carbocycles. The molecule has 24 heavy (non-hydrogen) atoms. The molecule has 0 aliphatic rings. The van der Waals surface area contributed by atoms with Crippen molar-refractivity contribution in [3.8, 4) is 11.5 Å². The van der Waals surface area contributed by atoms with Crippen LogP contribution in [-0.4, -0.2) is 41.0 Å². The zero-order chi connectivity index (χ0) is 17.9. The lowest BCUT2D eigenvalue weighted by Gasteiger charge is -2.19. The molecular weight excluding hydrogens is 314 g/mol. The van der Waals surface area contributed by atoms with Gasteiger partial charge < -0.3 is 19.9 Å². The fourth-order valence-corrected chi connectivity index (χ4v) is 2.06. The molecule has 0 bridgehead atoms. The second-order valence-corrected chi connectivity index (χ2v) is 5.53. The highest BCUT2D eigenvalue weighted by Crippen LogP contribution is 2.29. The SMILES string of the molecule is COc1cccc(OC)c1C(=O)Nc1cnn(C(C)(C)C(=O)O)c1. The molecule has 8 nitrogen and oxygen atoms in total. The van der Waals surface area contributed by atoms with Gasteiger partial charge in [0.1, 0.15) is 17.1 Å². The highest BCUT2D eigenvalue weighted by atomic mass is 16.5. The van der Waals surface area contributed by atoms with Gasteiger partial charge in [-0.15, -0.1) is 0 Å². The van der Waals surface area contributed by atoms with Crippen molar-refractivity contribution < 1.29 is 24.2 Å². The summed E-state index contributed by atoms with van der Waals surface area (Å²) in [4.78, 5) is 23.8. The number of anilines is 1. The average Bonchev–Trinajstić information content (AvgIpc) is 3.02. The summed E-state index contributed by atoms with van der Waals surface area (Å²) in [5.41, 5.74) is -0.625. The Balaban J connectivity index is 2.29. The number of aromatic nitrogens is 2. The Morgan fingerprint density at radius 2 is 1.79 bits per heavy atom. The minimum absolute atomic E-state index is 0.243. The number of amides is 1. The van der Waals surface area contributed by atoms with Crippen LogP contribution in [0.2, 0.25) is 0 Å². The van der Waals surface area contributed by atoms with Crippen LogP contribution in [0.15, 0.2) is 30.6 Å². The average molecular weight is 333 g/mol. The highest BCUT2D eigenvalue weighted by Gasteiger charge is 2.30. The third-order valence-electron chi connectivity index (χ3n) is 3.59. The first-order valence-electron chi connectivity index (χ1n) is 7.12. The number of aliphatic carboxylic acids is 1. The molecular formula is C16H19N3O5. The minimum Gasteiger partial charge on any atom is -0.496 e. The molecule has 0 unspecified atom stereocenters. The molecule has 1 aromatic heterocycles. The Hall–Kier alpha value is -3.03. The standard InChI is InChI=1S/C16H19N3O5/c1-16(2,15(21)22)19-9-10(8-17-19)18-14(20)13-11(23-3)6-5-7-12(13)24-4/h5-9H,1-4H3,(H,18,20)(H,21,22). The van der Waals surface area contributed by atoms with Crippen LogP contribution < -0.4 is 14.8 Å². The van der Waals surface area contributed by atoms with Crippen molar-refractivity contribution in [3.05, 3.63) is 36.2 Å². The van der Waals surface area contributed by atoms with Crippen LogP contribution in [-0.2, 0) is 10.3 Å². The maximum Gasteiger partial charge on any atom is 0.331 e. The summed E-state index contributed by atoms with van der Waals surface area (Å²) < 4.78 is 11.7. The number of hydrogen-bond acceptors (Lipinski definition) is 5. The first-order valence-corrected chi connectivity index (χ1v) is 7.12. The van der Waals surface area contributed by atoms with Gasteiger partial charge in [0.15, 0.2) is 5.54 Å². The van der Waals surface area contributed by atoms with Gasteiger partial charge in [0.2, 0.25) is 0 Å². The van der Waals surface area contributed by atoms with E-state index in [1.165, 1.54) is 45.1 Å². The molecule has 0 aliphatic heterocycles. The van der Waals surface area contributed by atoms with Gasteiger partial charge in [-0.3, -0.25) is 9.48 Å². The molecule has 0 aliphatic carbocycles. The van der Waals surface area contributed by atoms with Gasteiger partial charge in [0.25, 0.3) is 5.91 Å². The molecule has 1 amide bonds. The van der Waals surface area contributed by atoms with Crippen LogP contribution in [0, 0.1) is 0 Å². The van der Waals surface area contributed by atoms with E-state index < -0.39 is 17.4 Å². The second kappa shape index (κ2) is 6.61. The summed E-state index contributed by atoms with van der Waals surface area (Å²) in [6, 6.07) is 5.00. The number of rotatable bonds is 6. The minimum atomic E-state index is -1.23. The lowest BCUT2D eigenvalue weighted by Crippen LogP contribution is -2.35. The van der Waals surface area contributed by atoms with Gasteiger partial charge in [-0.1, -0.05) is 6.07 Å². The van der Waals surface area contributed by atoms with Crippen LogP contribution in [0.25, 0.3) is 0 Å². The summed E-state index contributed by atoms with van der Waals surface area (Å²) in [6.07, 6.45) is 2.83. The first kappa shape index (κ1) is 17.3. The second-order valence-electron chi connectivity index (χ2n) is 5.53. The van der Waals surface area contributed by atoms with Crippen molar-refractivity contribution in [3.63, 3.8) is 0 Å². The number of methoxy groups -OCH3 is 2. The number of hydrogen-bond donors (Lipinski definition) is 2. The molecule has 2 rings (SSSR count). The molecule has 8 heteroatoms. The third kappa shape index (κ3) is 3.17. The maximum atomic E-state index is 12.5. The number of carbonyl (C=O) groups is 2. The van der Waals surface area contributed by atoms with Gasteiger partial charge in [0, 0.05) is 6.20 Å². The van der Waals surface area contributed by atoms with Crippen molar-refractivity contribution in [2.24, 2.45) is 0 Å². The molecule has 0 saturated heterocycles. The Morgan fingerprint density at radius 1 is 1.21 bits per heavy atom. The number of carboxylic acids is 1. The fourth-order valence-electron chi connectivity index (χ4n) is 2.06. The van der Waals surface area contributed by atoms with Crippen LogP contribution >= 0.6 is 0 Å². The van der Waals surface area contributed by atoms with Gasteiger partial charge in [0.05, 0.1) is 26.1 Å². The van der Waals surface area contributed by atoms with Crippen molar-refractivity contribution >= 4 is 17.6 Å². The number of benzene rings is 1. The molecule has 0 radical (unpaired) electrons. The Kier molecular flexibility index (Phi) is 4.77. The van der Waals surface area contributed by atoms with Crippen molar-refractivity contribution in [1.29, 1.82) is 0 Å². The van der Waals surface area contributed by atoms with Crippen LogP contribution in [0.4, 0.5) is 5.69 Å². The summed E-state index contributed by atoms with van der Waals surface area (Å²) in [7, 11) is 2.91. The number of carbonyl (C=O) groups excluding carboxylic acids is 1. The molecule has 1 heterocycles. The molecule has 128 valence electrons. The molecule has 1 aromatic carbocycles. The van der Waals surface area contributed by atoms with Crippen molar-refractivity contribution in [1.82, 2.24) is 9.78 Å². The molecule has 0 fully saturated rings. The number of carboxylic acid groups (broad SMARTS) is 1. The Bertz CT molecular complexity index is 745. The maximum absolute atomic E-state index is 12.5. The molecule has 0 atom stereocenters. The van der Waals surface area contributed by atoms with E-state index in [0.717, 1.165) is 0 Å². The Labute approximate surface area is 139 Å². The van der Waals surface area contributed by atoms with Crippen LogP contribution in [0.5, 0.6) is 11.5 Å². The summed E-state index contributed by atoms with van der Waals surface area (Å²) >= 11 is 0. The molecule has 2 aromatic rings. The quantitative estimate of drug-likeness (QED) is 0.838. The van der Waals surface area contributed by atoms with E-state index in [1.807, 2.05) is 0 Å². The number of nitrogens with zero attached hydrogens (tertiary/aromatic N) is 2. The fraction of sp³-hybridized carbons (Fsp3) is 0.312. The molecule has 0 spiro atoms. The van der Waals surface area contributed by atoms with Gasteiger partial charge >= 0.3 is 5.97 Å². The van der Waals surface area contributed by atoms with E-state index in [-0.39, 0.29) is 5.56 Å². The predicted octanol–water partition coefficient (Wildman–Crippen LogP) is 1.97. The van der Waals surface area contributed by atoms with Gasteiger partial charge in [-0.2, -0.15) is 5.10 Å². The van der Waals surface area contributed by atoms with E-state index in [0.29, 0.717) is 17.2 Å². The van der Waals surface area contributed by atoms with Gasteiger partial charge in [-0.05, 0) is 26.0 Å². The largest absolute Gasteiger partial charge is 0.496 e. The van der Waals surface area contributed by atoms with E-state index in [2.05, 4.69) is 10.4 Å². The summed E-state index contributed by atoms with van der Waals surface area (Å²) in [5.74, 6) is -0.748. The highest BCUT2D eigenvalue weighted by molar-refractivity contribution is 6.08. The first-order chi connectivity index (χ1) is 11.3. The number of ether oxygens (including phenoxy) is 2. The van der Waals surface area contributed by atoms with E-state index in [4.69, 9.17) is 9.47 Å². The lowest BCUT2D eigenvalue weighted by molar-refractivity contribution is -0.146. The van der Waals surface area contributed by atoms with Crippen LogP contribution in [0.3, 0.4) is 0 Å². The smallest absolute Gasteiger partial charge is 0.331 e. The zero-order valence-corrected chi connectivity index (χ0v) is 13.9. The Morgan fingerprint density at radius 3 is 2.29 bits per heavy atom. The van der Waals surface area contributed by atoms with E-state index in [1.54, 1.807) is 18.2 Å². The lowest BCUT2D eigenvalue weighted by atomic mass is 10.1. The normalized spacial score (nSPS) is 11.0. The molecule has 2 N–H and O–H groups in total. The van der Waals surface area contributed by atoms with Gasteiger partial charge in [-0.25, -0.2) is 4.79 Å². The summed E-state index contributed by atoms with van der Waals surface area (Å²) in [5, 5.41) is 15.9. The van der Waals surface area contributed by atoms with Crippen molar-refractivity contribution in [2.75, 3.05) is 19.5 Å². The van der Waals surface area contributed by atoms with E-state index in [9.17, 15) is 14.7 Å². The zero-order valence-electron chi connectivity index (χ0n) is 13.9. The topological polar surface area (TPSA) is 103 Å². The summed E-state index contributed by atoms with van der Waals surface area (Å²) in [6.45, 7) is 3.02. The van der Waals surface area contributed by atoms with Crippen LogP contribution in [0.1, 0.15) is 24.2 Å². The van der Waals surface area contributed by atoms with E-state index >= 15 is 0 Å². The number of nitrogens with one attached hydrogen (secondary N) is 1. The van der Waals surface area contributed by atoms with Crippen molar-refractivity contribution in [2.45, 2.75) is 19.4 Å².